The number of aryl methyl sites for hydroxylation is 1. The van der Waals surface area contributed by atoms with Crippen molar-refractivity contribution in [2.75, 3.05) is 6.61 Å². The van der Waals surface area contributed by atoms with Crippen LogP contribution in [0.4, 0.5) is 0 Å². The van der Waals surface area contributed by atoms with Gasteiger partial charge in [-0.1, -0.05) is 11.6 Å². The van der Waals surface area contributed by atoms with E-state index in [0.717, 1.165) is 5.56 Å². The van der Waals surface area contributed by atoms with Gasteiger partial charge in [0.25, 0.3) is 0 Å². The van der Waals surface area contributed by atoms with Crippen LogP contribution >= 0.6 is 11.6 Å². The van der Waals surface area contributed by atoms with Crippen molar-refractivity contribution < 1.29 is 19.1 Å². The predicted octanol–water partition coefficient (Wildman–Crippen LogP) is 3.40. The third kappa shape index (κ3) is 2.71. The minimum Gasteiger partial charge on any atom is -0.476 e. The van der Waals surface area contributed by atoms with Crippen molar-refractivity contribution in [2.24, 2.45) is 0 Å². The van der Waals surface area contributed by atoms with Crippen LogP contribution in [0.1, 0.15) is 23.0 Å². The Morgan fingerprint density at radius 3 is 2.84 bits per heavy atom. The van der Waals surface area contributed by atoms with Gasteiger partial charge in [0.15, 0.2) is 0 Å². The van der Waals surface area contributed by atoms with E-state index in [1.165, 1.54) is 0 Å². The van der Waals surface area contributed by atoms with E-state index in [1.807, 2.05) is 6.92 Å². The number of hydrogen-bond acceptors (Lipinski definition) is 4. The predicted molar refractivity (Wildman–Crippen MR) is 69.8 cm³/mol. The number of hydrogen-bond donors (Lipinski definition) is 1. The van der Waals surface area contributed by atoms with Gasteiger partial charge in [0, 0.05) is 10.6 Å². The van der Waals surface area contributed by atoms with Crippen molar-refractivity contribution in [3.8, 4) is 17.4 Å². The smallest absolute Gasteiger partial charge is 0.362 e. The molecule has 0 aliphatic rings. The van der Waals surface area contributed by atoms with E-state index in [9.17, 15) is 4.79 Å². The first-order valence-corrected chi connectivity index (χ1v) is 6.04. The fraction of sp³-hybridized carbons (Fsp3) is 0.231. The minimum atomic E-state index is -1.19. The molecule has 6 heteroatoms. The Labute approximate surface area is 114 Å². The molecule has 0 unspecified atom stereocenters. The van der Waals surface area contributed by atoms with E-state index in [4.69, 9.17) is 25.9 Å². The summed E-state index contributed by atoms with van der Waals surface area (Å²) in [6, 6.07) is 5.17. The van der Waals surface area contributed by atoms with Crippen LogP contribution in [-0.4, -0.2) is 22.7 Å². The molecule has 0 radical (unpaired) electrons. The molecular formula is C13H12ClNO4. The molecule has 0 saturated heterocycles. The molecule has 1 N–H and O–H groups in total. The molecule has 2 aromatic rings. The van der Waals surface area contributed by atoms with Crippen molar-refractivity contribution in [1.82, 2.24) is 4.98 Å². The van der Waals surface area contributed by atoms with E-state index < -0.39 is 5.97 Å². The number of nitrogens with zero attached hydrogens (tertiary/aromatic N) is 1. The number of carboxylic acid groups (broad SMARTS) is 1. The molecule has 100 valence electrons. The molecule has 0 aliphatic carbocycles. The minimum absolute atomic E-state index is 0.0839. The van der Waals surface area contributed by atoms with Gasteiger partial charge in [0.1, 0.15) is 0 Å². The summed E-state index contributed by atoms with van der Waals surface area (Å²) < 4.78 is 10.5. The fourth-order valence-electron chi connectivity index (χ4n) is 1.65. The highest BCUT2D eigenvalue weighted by molar-refractivity contribution is 6.30. The Hall–Kier alpha value is -2.01. The molecule has 1 aromatic carbocycles. The number of halogens is 1. The Kier molecular flexibility index (Phi) is 3.76. The van der Waals surface area contributed by atoms with Crippen LogP contribution in [0.5, 0.6) is 5.95 Å². The van der Waals surface area contributed by atoms with Gasteiger partial charge >= 0.3 is 11.9 Å². The summed E-state index contributed by atoms with van der Waals surface area (Å²) in [5.74, 6) is -1.07. The van der Waals surface area contributed by atoms with Crippen LogP contribution in [0.2, 0.25) is 5.02 Å². The molecule has 0 aliphatic heterocycles. The van der Waals surface area contributed by atoms with Gasteiger partial charge in [-0.05, 0) is 37.6 Å². The van der Waals surface area contributed by atoms with E-state index >= 15 is 0 Å². The normalized spacial score (nSPS) is 10.5. The van der Waals surface area contributed by atoms with E-state index in [1.54, 1.807) is 25.1 Å². The monoisotopic (exact) mass is 281 g/mol. The highest BCUT2D eigenvalue weighted by Gasteiger charge is 2.22. The quantitative estimate of drug-likeness (QED) is 0.930. The summed E-state index contributed by atoms with van der Waals surface area (Å²) in [5.41, 5.74) is 1.29. The highest BCUT2D eigenvalue weighted by Crippen LogP contribution is 2.30. The molecule has 1 heterocycles. The zero-order valence-corrected chi connectivity index (χ0v) is 11.2. The van der Waals surface area contributed by atoms with Crippen molar-refractivity contribution in [2.45, 2.75) is 13.8 Å². The molecule has 0 saturated carbocycles. The molecule has 2 rings (SSSR count). The summed E-state index contributed by atoms with van der Waals surface area (Å²) in [6.45, 7) is 3.88. The van der Waals surface area contributed by atoms with Crippen molar-refractivity contribution >= 4 is 17.6 Å². The van der Waals surface area contributed by atoms with Gasteiger partial charge in [-0.15, -0.1) is 0 Å². The highest BCUT2D eigenvalue weighted by atomic mass is 35.5. The maximum absolute atomic E-state index is 11.1. The Bertz CT molecular complexity index is 621. The third-order valence-corrected chi connectivity index (χ3v) is 2.73. The van der Waals surface area contributed by atoms with Gasteiger partial charge in [-0.25, -0.2) is 4.79 Å². The fourth-order valence-corrected chi connectivity index (χ4v) is 1.88. The van der Waals surface area contributed by atoms with Gasteiger partial charge in [0.2, 0.25) is 11.6 Å². The van der Waals surface area contributed by atoms with E-state index in [-0.39, 0.29) is 17.5 Å². The number of aromatic carboxylic acids is 1. The summed E-state index contributed by atoms with van der Waals surface area (Å²) >= 11 is 5.87. The number of benzene rings is 1. The second-order valence-corrected chi connectivity index (χ2v) is 4.29. The molecule has 5 nitrogen and oxygen atoms in total. The average Bonchev–Trinajstić information content (AvgIpc) is 2.73. The second kappa shape index (κ2) is 5.32. The lowest BCUT2D eigenvalue weighted by molar-refractivity contribution is 0.0683. The molecular weight excluding hydrogens is 270 g/mol. The Balaban J connectivity index is 2.50. The first kappa shape index (κ1) is 13.4. The number of rotatable bonds is 4. The summed E-state index contributed by atoms with van der Waals surface area (Å²) in [4.78, 5) is 15.0. The zero-order valence-electron chi connectivity index (χ0n) is 10.4. The molecule has 0 bridgehead atoms. The zero-order chi connectivity index (χ0) is 14.0. The van der Waals surface area contributed by atoms with Crippen LogP contribution in [0.25, 0.3) is 11.5 Å². The maximum atomic E-state index is 11.1. The number of ether oxygens (including phenoxy) is 1. The van der Waals surface area contributed by atoms with E-state index in [0.29, 0.717) is 17.2 Å². The lowest BCUT2D eigenvalue weighted by atomic mass is 10.1. The van der Waals surface area contributed by atoms with Crippen LogP contribution in [-0.2, 0) is 0 Å². The molecule has 0 fully saturated rings. The summed E-state index contributed by atoms with van der Waals surface area (Å²) in [6.07, 6.45) is 0. The van der Waals surface area contributed by atoms with Crippen molar-refractivity contribution in [1.29, 1.82) is 0 Å². The molecule has 0 atom stereocenters. The van der Waals surface area contributed by atoms with Crippen LogP contribution < -0.4 is 4.74 Å². The number of oxazole rings is 1. The Morgan fingerprint density at radius 2 is 2.26 bits per heavy atom. The van der Waals surface area contributed by atoms with Crippen LogP contribution in [0, 0.1) is 6.92 Å². The first-order chi connectivity index (χ1) is 9.02. The van der Waals surface area contributed by atoms with Crippen molar-refractivity contribution in [3.63, 3.8) is 0 Å². The lowest BCUT2D eigenvalue weighted by Crippen LogP contribution is -2.01. The first-order valence-electron chi connectivity index (χ1n) is 5.66. The van der Waals surface area contributed by atoms with Crippen molar-refractivity contribution in [3.05, 3.63) is 34.5 Å². The topological polar surface area (TPSA) is 72.6 Å². The molecule has 1 aromatic heterocycles. The van der Waals surface area contributed by atoms with Gasteiger partial charge in [-0.2, -0.15) is 4.98 Å². The SMILES string of the molecule is CCOc1oc(-c2ccc(Cl)cc2C)nc1C(=O)O. The summed E-state index contributed by atoms with van der Waals surface area (Å²) in [5, 5.41) is 9.64. The van der Waals surface area contributed by atoms with Crippen LogP contribution in [0.15, 0.2) is 22.6 Å². The standard InChI is InChI=1S/C13H12ClNO4/c1-3-18-13-10(12(16)17)15-11(19-13)9-5-4-8(14)6-7(9)2/h4-6H,3H2,1-2H3,(H,16,17). The average molecular weight is 282 g/mol. The maximum Gasteiger partial charge on any atom is 0.362 e. The van der Waals surface area contributed by atoms with Gasteiger partial charge < -0.3 is 14.3 Å². The lowest BCUT2D eigenvalue weighted by Gasteiger charge is -2.01. The number of carboxylic acids is 1. The Morgan fingerprint density at radius 1 is 1.53 bits per heavy atom. The second-order valence-electron chi connectivity index (χ2n) is 3.85. The van der Waals surface area contributed by atoms with E-state index in [2.05, 4.69) is 4.98 Å². The number of aromatic nitrogens is 1. The molecule has 0 spiro atoms. The molecule has 19 heavy (non-hydrogen) atoms. The molecule has 0 amide bonds. The third-order valence-electron chi connectivity index (χ3n) is 2.49. The number of carbonyl (C=O) groups is 1. The largest absolute Gasteiger partial charge is 0.476 e. The summed E-state index contributed by atoms with van der Waals surface area (Å²) in [7, 11) is 0. The van der Waals surface area contributed by atoms with Gasteiger partial charge in [-0.3, -0.25) is 0 Å². The van der Waals surface area contributed by atoms with Crippen LogP contribution in [0.3, 0.4) is 0 Å². The van der Waals surface area contributed by atoms with Gasteiger partial charge in [0.05, 0.1) is 6.61 Å².